The number of likely N-dealkylation sites (N-methyl/N-ethyl adjacent to an activating group) is 1. The van der Waals surface area contributed by atoms with Crippen LogP contribution < -0.4 is 11.1 Å². The molecule has 0 heterocycles. The molecule has 0 bridgehead atoms. The molecule has 1 aromatic carbocycles. The van der Waals surface area contributed by atoms with Crippen LogP contribution in [-0.2, 0) is 4.79 Å². The van der Waals surface area contributed by atoms with Gasteiger partial charge in [-0.05, 0) is 32.5 Å². The number of nitrogens with one attached hydrogen (secondary N) is 1. The zero-order valence-electron chi connectivity index (χ0n) is 13.0. The maximum absolute atomic E-state index is 11.9. The minimum atomic E-state index is -0.843. The van der Waals surface area contributed by atoms with E-state index in [1.807, 2.05) is 18.2 Å². The Morgan fingerprint density at radius 3 is 2.25 bits per heavy atom. The van der Waals surface area contributed by atoms with Gasteiger partial charge >= 0.3 is 0 Å². The second-order valence-corrected chi connectivity index (χ2v) is 5.58. The van der Waals surface area contributed by atoms with E-state index in [0.717, 1.165) is 13.1 Å². The summed E-state index contributed by atoms with van der Waals surface area (Å²) in [6, 6.07) is 10.4. The molecule has 0 aliphatic heterocycles. The smallest absolute Gasteiger partial charge is 0.239 e. The van der Waals surface area contributed by atoms with E-state index in [-0.39, 0.29) is 11.9 Å². The summed E-state index contributed by atoms with van der Waals surface area (Å²) in [5.74, 6) is -0.120. The number of rotatable bonds is 7. The third kappa shape index (κ3) is 4.62. The number of nitrogens with zero attached hydrogens (tertiary/aromatic N) is 1. The lowest BCUT2D eigenvalue weighted by molar-refractivity contribution is -0.125. The number of hydrogen-bond donors (Lipinski definition) is 2. The topological polar surface area (TPSA) is 58.4 Å². The van der Waals surface area contributed by atoms with Crippen molar-refractivity contribution in [3.63, 3.8) is 0 Å². The minimum absolute atomic E-state index is 0.120. The van der Waals surface area contributed by atoms with Crippen molar-refractivity contribution in [2.24, 2.45) is 5.73 Å². The van der Waals surface area contributed by atoms with Crippen molar-refractivity contribution in [1.82, 2.24) is 10.2 Å². The summed E-state index contributed by atoms with van der Waals surface area (Å²) in [6.45, 7) is 10.2. The van der Waals surface area contributed by atoms with E-state index in [1.165, 1.54) is 5.56 Å². The Kier molecular flexibility index (Phi) is 6.17. The summed E-state index contributed by atoms with van der Waals surface area (Å²) >= 11 is 0. The van der Waals surface area contributed by atoms with Crippen LogP contribution in [-0.4, -0.2) is 36.0 Å². The summed E-state index contributed by atoms with van der Waals surface area (Å²) in [6.07, 6.45) is 0. The van der Waals surface area contributed by atoms with Gasteiger partial charge in [0.1, 0.15) is 0 Å². The van der Waals surface area contributed by atoms with Gasteiger partial charge in [-0.25, -0.2) is 0 Å². The first-order valence-corrected chi connectivity index (χ1v) is 7.26. The van der Waals surface area contributed by atoms with Crippen molar-refractivity contribution in [1.29, 1.82) is 0 Å². The average molecular weight is 277 g/mol. The molecule has 0 radical (unpaired) electrons. The highest BCUT2D eigenvalue weighted by Crippen LogP contribution is 2.19. The van der Waals surface area contributed by atoms with Gasteiger partial charge in [-0.1, -0.05) is 44.2 Å². The van der Waals surface area contributed by atoms with E-state index in [1.54, 1.807) is 13.8 Å². The van der Waals surface area contributed by atoms with Gasteiger partial charge in [0.15, 0.2) is 0 Å². The van der Waals surface area contributed by atoms with Gasteiger partial charge in [-0.2, -0.15) is 0 Å². The summed E-state index contributed by atoms with van der Waals surface area (Å²) < 4.78 is 0. The molecule has 1 unspecified atom stereocenters. The molecule has 0 aliphatic carbocycles. The summed E-state index contributed by atoms with van der Waals surface area (Å²) in [7, 11) is 0. The van der Waals surface area contributed by atoms with E-state index >= 15 is 0 Å². The van der Waals surface area contributed by atoms with Gasteiger partial charge in [0.25, 0.3) is 0 Å². The lowest BCUT2D eigenvalue weighted by atomic mass is 10.0. The van der Waals surface area contributed by atoms with Crippen LogP contribution in [0.25, 0.3) is 0 Å². The second kappa shape index (κ2) is 7.41. The summed E-state index contributed by atoms with van der Waals surface area (Å²) in [5, 5.41) is 2.96. The molecule has 20 heavy (non-hydrogen) atoms. The molecule has 1 aromatic rings. The Labute approximate surface area is 122 Å². The number of carbonyl (C=O) groups excluding carboxylic acids is 1. The molecule has 0 aromatic heterocycles. The van der Waals surface area contributed by atoms with E-state index in [0.29, 0.717) is 6.54 Å². The third-order valence-electron chi connectivity index (χ3n) is 3.48. The predicted molar refractivity (Wildman–Crippen MR) is 83.4 cm³/mol. The van der Waals surface area contributed by atoms with Crippen LogP contribution in [0.1, 0.15) is 39.3 Å². The Hall–Kier alpha value is -1.39. The van der Waals surface area contributed by atoms with Gasteiger partial charge in [0.05, 0.1) is 11.6 Å². The largest absolute Gasteiger partial charge is 0.353 e. The van der Waals surface area contributed by atoms with Gasteiger partial charge in [0.2, 0.25) is 5.91 Å². The Morgan fingerprint density at radius 2 is 1.80 bits per heavy atom. The average Bonchev–Trinajstić information content (AvgIpc) is 2.43. The molecule has 4 nitrogen and oxygen atoms in total. The van der Waals surface area contributed by atoms with E-state index in [4.69, 9.17) is 5.73 Å². The highest BCUT2D eigenvalue weighted by atomic mass is 16.2. The predicted octanol–water partition coefficient (Wildman–Crippen LogP) is 1.92. The standard InChI is InChI=1S/C16H27N3O/c1-5-19(6-2)14(13-10-8-7-9-11-13)12-18-15(20)16(3,4)17/h7-11,14H,5-6,12,17H2,1-4H3,(H,18,20). The Bertz CT molecular complexity index is 407. The van der Waals surface area contributed by atoms with E-state index in [9.17, 15) is 4.79 Å². The van der Waals surface area contributed by atoms with Crippen LogP contribution in [0.3, 0.4) is 0 Å². The number of carbonyl (C=O) groups is 1. The highest BCUT2D eigenvalue weighted by Gasteiger charge is 2.24. The number of hydrogen-bond acceptors (Lipinski definition) is 3. The van der Waals surface area contributed by atoms with E-state index in [2.05, 4.69) is 36.2 Å². The van der Waals surface area contributed by atoms with Crippen LogP contribution >= 0.6 is 0 Å². The normalized spacial score (nSPS) is 13.3. The summed E-state index contributed by atoms with van der Waals surface area (Å²) in [4.78, 5) is 14.3. The fourth-order valence-corrected chi connectivity index (χ4v) is 2.21. The van der Waals surface area contributed by atoms with Crippen LogP contribution in [0.5, 0.6) is 0 Å². The number of benzene rings is 1. The van der Waals surface area contributed by atoms with E-state index < -0.39 is 5.54 Å². The molecule has 0 aliphatic rings. The van der Waals surface area contributed by atoms with Crippen LogP contribution in [0.15, 0.2) is 30.3 Å². The SMILES string of the molecule is CCN(CC)C(CNC(=O)C(C)(C)N)c1ccccc1. The fraction of sp³-hybridized carbons (Fsp3) is 0.562. The maximum atomic E-state index is 11.9. The van der Waals surface area contributed by atoms with Crippen molar-refractivity contribution < 1.29 is 4.79 Å². The molecule has 1 amide bonds. The first kappa shape index (κ1) is 16.7. The van der Waals surface area contributed by atoms with Crippen LogP contribution in [0.4, 0.5) is 0 Å². The van der Waals surface area contributed by atoms with Crippen LogP contribution in [0, 0.1) is 0 Å². The maximum Gasteiger partial charge on any atom is 0.239 e. The van der Waals surface area contributed by atoms with Crippen molar-refractivity contribution in [3.8, 4) is 0 Å². The second-order valence-electron chi connectivity index (χ2n) is 5.58. The van der Waals surface area contributed by atoms with Crippen molar-refractivity contribution in [2.75, 3.05) is 19.6 Å². The molecular weight excluding hydrogens is 250 g/mol. The van der Waals surface area contributed by atoms with Crippen molar-refractivity contribution in [2.45, 2.75) is 39.3 Å². The molecule has 3 N–H and O–H groups in total. The third-order valence-corrected chi connectivity index (χ3v) is 3.48. The van der Waals surface area contributed by atoms with Gasteiger partial charge in [-0.15, -0.1) is 0 Å². The molecule has 0 saturated carbocycles. The summed E-state index contributed by atoms with van der Waals surface area (Å²) in [5.41, 5.74) is 6.19. The molecule has 1 rings (SSSR count). The molecule has 0 saturated heterocycles. The fourth-order valence-electron chi connectivity index (χ4n) is 2.21. The van der Waals surface area contributed by atoms with Crippen molar-refractivity contribution >= 4 is 5.91 Å². The zero-order chi connectivity index (χ0) is 15.2. The van der Waals surface area contributed by atoms with Gasteiger partial charge in [-0.3, -0.25) is 9.69 Å². The molecule has 112 valence electrons. The monoisotopic (exact) mass is 277 g/mol. The van der Waals surface area contributed by atoms with Crippen LogP contribution in [0.2, 0.25) is 0 Å². The molecule has 0 spiro atoms. The first-order chi connectivity index (χ1) is 9.40. The number of nitrogens with two attached hydrogens (primary N) is 1. The Balaban J connectivity index is 2.82. The lowest BCUT2D eigenvalue weighted by Crippen LogP contribution is -2.51. The molecule has 1 atom stereocenters. The molecular formula is C16H27N3O. The zero-order valence-corrected chi connectivity index (χ0v) is 13.0. The lowest BCUT2D eigenvalue weighted by Gasteiger charge is -2.31. The van der Waals surface area contributed by atoms with Gasteiger partial charge in [0, 0.05) is 6.54 Å². The minimum Gasteiger partial charge on any atom is -0.353 e. The highest BCUT2D eigenvalue weighted by molar-refractivity contribution is 5.85. The number of amides is 1. The van der Waals surface area contributed by atoms with Gasteiger partial charge < -0.3 is 11.1 Å². The quantitative estimate of drug-likeness (QED) is 0.800. The molecule has 0 fully saturated rings. The van der Waals surface area contributed by atoms with Crippen molar-refractivity contribution in [3.05, 3.63) is 35.9 Å². The Morgan fingerprint density at radius 1 is 1.25 bits per heavy atom. The molecule has 4 heteroatoms. The first-order valence-electron chi connectivity index (χ1n) is 7.26.